The highest BCUT2D eigenvalue weighted by molar-refractivity contribution is 6.43. The van der Waals surface area contributed by atoms with Gasteiger partial charge in [0.05, 0.1) is 18.2 Å². The van der Waals surface area contributed by atoms with Crippen LogP contribution in [-0.4, -0.2) is 25.0 Å². The second kappa shape index (κ2) is 9.05. The van der Waals surface area contributed by atoms with Crippen LogP contribution in [0.15, 0.2) is 36.4 Å². The molecule has 6 nitrogen and oxygen atoms in total. The fourth-order valence-corrected chi connectivity index (χ4v) is 2.26. The zero-order valence-electron chi connectivity index (χ0n) is 14.3. The third kappa shape index (κ3) is 5.10. The van der Waals surface area contributed by atoms with Crippen LogP contribution in [0.1, 0.15) is 13.8 Å². The van der Waals surface area contributed by atoms with E-state index in [0.717, 1.165) is 6.07 Å². The number of carbonyl (C=O) groups is 2. The molecule has 0 spiro atoms. The van der Waals surface area contributed by atoms with E-state index in [1.807, 2.05) is 13.8 Å². The summed E-state index contributed by atoms with van der Waals surface area (Å²) in [4.78, 5) is 24.0. The summed E-state index contributed by atoms with van der Waals surface area (Å²) < 4.78 is 24.0. The van der Waals surface area contributed by atoms with E-state index in [4.69, 9.17) is 21.1 Å². The fourth-order valence-electron chi connectivity index (χ4n) is 2.08. The van der Waals surface area contributed by atoms with E-state index in [-0.39, 0.29) is 10.7 Å². The van der Waals surface area contributed by atoms with Crippen molar-refractivity contribution in [2.45, 2.75) is 13.8 Å². The summed E-state index contributed by atoms with van der Waals surface area (Å²) in [5.41, 5.74) is 0.576. The first-order chi connectivity index (χ1) is 12.4. The highest BCUT2D eigenvalue weighted by atomic mass is 35.5. The number of halogens is 2. The van der Waals surface area contributed by atoms with E-state index >= 15 is 0 Å². The molecule has 0 saturated heterocycles. The Morgan fingerprint density at radius 2 is 1.46 bits per heavy atom. The number of carbonyl (C=O) groups excluding carboxylic acids is 2. The van der Waals surface area contributed by atoms with E-state index in [1.165, 1.54) is 12.1 Å². The van der Waals surface area contributed by atoms with Crippen LogP contribution in [-0.2, 0) is 9.59 Å². The van der Waals surface area contributed by atoms with Gasteiger partial charge in [0.15, 0.2) is 11.5 Å². The minimum atomic E-state index is -0.917. The van der Waals surface area contributed by atoms with Gasteiger partial charge >= 0.3 is 11.8 Å². The van der Waals surface area contributed by atoms with Crippen LogP contribution in [0.2, 0.25) is 5.02 Å². The van der Waals surface area contributed by atoms with Gasteiger partial charge in [0.1, 0.15) is 5.82 Å². The average Bonchev–Trinajstić information content (AvgIpc) is 2.60. The third-order valence-corrected chi connectivity index (χ3v) is 3.47. The van der Waals surface area contributed by atoms with Gasteiger partial charge in [0.2, 0.25) is 0 Å². The normalized spacial score (nSPS) is 10.2. The van der Waals surface area contributed by atoms with Crippen LogP contribution in [0.3, 0.4) is 0 Å². The molecule has 2 aromatic rings. The van der Waals surface area contributed by atoms with Crippen molar-refractivity contribution in [1.82, 2.24) is 0 Å². The summed E-state index contributed by atoms with van der Waals surface area (Å²) in [5.74, 6) is -1.43. The van der Waals surface area contributed by atoms with E-state index in [9.17, 15) is 14.0 Å². The molecular weight excluding hydrogens is 363 g/mol. The molecule has 0 aliphatic carbocycles. The molecule has 0 atom stereocenters. The van der Waals surface area contributed by atoms with Crippen molar-refractivity contribution in [3.8, 4) is 11.5 Å². The number of hydrogen-bond acceptors (Lipinski definition) is 4. The van der Waals surface area contributed by atoms with Gasteiger partial charge in [0.25, 0.3) is 0 Å². The minimum absolute atomic E-state index is 0.156. The number of rotatable bonds is 6. The molecule has 2 amide bonds. The molecule has 0 aliphatic heterocycles. The van der Waals surface area contributed by atoms with Crippen LogP contribution in [0.25, 0.3) is 0 Å². The first-order valence-corrected chi connectivity index (χ1v) is 8.29. The molecule has 2 aromatic carbocycles. The van der Waals surface area contributed by atoms with Crippen LogP contribution >= 0.6 is 11.6 Å². The molecule has 2 rings (SSSR count). The van der Waals surface area contributed by atoms with E-state index in [0.29, 0.717) is 30.4 Å². The monoisotopic (exact) mass is 380 g/mol. The first-order valence-electron chi connectivity index (χ1n) is 7.91. The Hall–Kier alpha value is -2.80. The molecular formula is C18H18ClFN2O4. The van der Waals surface area contributed by atoms with Crippen molar-refractivity contribution in [3.05, 3.63) is 47.2 Å². The summed E-state index contributed by atoms with van der Waals surface area (Å²) >= 11 is 5.64. The van der Waals surface area contributed by atoms with Crippen molar-refractivity contribution in [2.75, 3.05) is 23.8 Å². The van der Waals surface area contributed by atoms with Crippen LogP contribution in [0, 0.1) is 5.82 Å². The van der Waals surface area contributed by atoms with E-state index in [2.05, 4.69) is 10.6 Å². The standard InChI is InChI=1S/C18H18ClFN2O4/c1-3-25-15-8-6-12(10-16(15)26-4-2)22-18(24)17(23)21-11-5-7-14(20)13(19)9-11/h5-10H,3-4H2,1-2H3,(H,21,23)(H,22,24). The highest BCUT2D eigenvalue weighted by Gasteiger charge is 2.16. The largest absolute Gasteiger partial charge is 0.490 e. The zero-order chi connectivity index (χ0) is 19.1. The maximum atomic E-state index is 13.1. The predicted octanol–water partition coefficient (Wildman–Crippen LogP) is 3.85. The maximum Gasteiger partial charge on any atom is 0.314 e. The number of amides is 2. The molecule has 0 saturated carbocycles. The van der Waals surface area contributed by atoms with E-state index < -0.39 is 17.6 Å². The lowest BCUT2D eigenvalue weighted by Crippen LogP contribution is -2.29. The minimum Gasteiger partial charge on any atom is -0.490 e. The smallest absolute Gasteiger partial charge is 0.314 e. The van der Waals surface area contributed by atoms with E-state index in [1.54, 1.807) is 18.2 Å². The summed E-state index contributed by atoms with van der Waals surface area (Å²) in [6, 6.07) is 8.41. The number of nitrogens with one attached hydrogen (secondary N) is 2. The van der Waals surface area contributed by atoms with Gasteiger partial charge in [-0.15, -0.1) is 0 Å². The SMILES string of the molecule is CCOc1ccc(NC(=O)C(=O)Nc2ccc(F)c(Cl)c2)cc1OCC. The average molecular weight is 381 g/mol. The Kier molecular flexibility index (Phi) is 6.80. The summed E-state index contributed by atoms with van der Waals surface area (Å²) in [5, 5.41) is 4.65. The van der Waals surface area contributed by atoms with Crippen LogP contribution in [0.4, 0.5) is 15.8 Å². The van der Waals surface area contributed by atoms with Gasteiger partial charge in [-0.25, -0.2) is 4.39 Å². The fraction of sp³-hybridized carbons (Fsp3) is 0.222. The number of hydrogen-bond donors (Lipinski definition) is 2. The second-order valence-electron chi connectivity index (χ2n) is 5.06. The number of anilines is 2. The second-order valence-corrected chi connectivity index (χ2v) is 5.47. The molecule has 2 N–H and O–H groups in total. The first kappa shape index (κ1) is 19.5. The highest BCUT2D eigenvalue weighted by Crippen LogP contribution is 2.30. The molecule has 0 heterocycles. The van der Waals surface area contributed by atoms with Crippen molar-refractivity contribution >= 4 is 34.8 Å². The maximum absolute atomic E-state index is 13.1. The topological polar surface area (TPSA) is 76.7 Å². The molecule has 0 radical (unpaired) electrons. The van der Waals surface area contributed by atoms with Crippen molar-refractivity contribution < 1.29 is 23.5 Å². The molecule has 26 heavy (non-hydrogen) atoms. The van der Waals surface area contributed by atoms with Gasteiger partial charge in [-0.1, -0.05) is 11.6 Å². The Bertz CT molecular complexity index is 814. The van der Waals surface area contributed by atoms with Gasteiger partial charge < -0.3 is 20.1 Å². The Labute approximate surface area is 155 Å². The molecule has 0 unspecified atom stereocenters. The summed E-state index contributed by atoms with van der Waals surface area (Å²) in [6.07, 6.45) is 0. The van der Waals surface area contributed by atoms with Crippen LogP contribution < -0.4 is 20.1 Å². The van der Waals surface area contributed by atoms with Crippen molar-refractivity contribution in [2.24, 2.45) is 0 Å². The lowest BCUT2D eigenvalue weighted by Gasteiger charge is -2.13. The van der Waals surface area contributed by atoms with Gasteiger partial charge in [-0.3, -0.25) is 9.59 Å². The zero-order valence-corrected chi connectivity index (χ0v) is 15.0. The van der Waals surface area contributed by atoms with Crippen molar-refractivity contribution in [3.63, 3.8) is 0 Å². The number of ether oxygens (including phenoxy) is 2. The number of benzene rings is 2. The third-order valence-electron chi connectivity index (χ3n) is 3.18. The molecule has 8 heteroatoms. The van der Waals surface area contributed by atoms with Crippen LogP contribution in [0.5, 0.6) is 11.5 Å². The molecule has 138 valence electrons. The Morgan fingerprint density at radius 3 is 2.04 bits per heavy atom. The lowest BCUT2D eigenvalue weighted by molar-refractivity contribution is -0.133. The molecule has 0 fully saturated rings. The Morgan fingerprint density at radius 1 is 0.923 bits per heavy atom. The predicted molar refractivity (Wildman–Crippen MR) is 97.4 cm³/mol. The molecule has 0 bridgehead atoms. The summed E-state index contributed by atoms with van der Waals surface area (Å²) in [6.45, 7) is 4.55. The van der Waals surface area contributed by atoms with Gasteiger partial charge in [0, 0.05) is 17.4 Å². The Balaban J connectivity index is 2.06. The van der Waals surface area contributed by atoms with Crippen molar-refractivity contribution in [1.29, 1.82) is 0 Å². The van der Waals surface area contributed by atoms with Gasteiger partial charge in [-0.05, 0) is 44.2 Å². The molecule has 0 aromatic heterocycles. The van der Waals surface area contributed by atoms with Gasteiger partial charge in [-0.2, -0.15) is 0 Å². The quantitative estimate of drug-likeness (QED) is 0.746. The lowest BCUT2D eigenvalue weighted by atomic mass is 10.2. The summed E-state index contributed by atoms with van der Waals surface area (Å²) in [7, 11) is 0. The molecule has 0 aliphatic rings.